The highest BCUT2D eigenvalue weighted by molar-refractivity contribution is 5.90. The molecule has 3 atom stereocenters. The van der Waals surface area contributed by atoms with Gasteiger partial charge in [-0.1, -0.05) is 18.9 Å². The molecule has 1 aliphatic heterocycles. The number of rotatable bonds is 5. The van der Waals surface area contributed by atoms with E-state index in [0.29, 0.717) is 38.8 Å². The summed E-state index contributed by atoms with van der Waals surface area (Å²) in [5, 5.41) is 12.0. The number of likely N-dealkylation sites (tertiary alicyclic amines) is 1. The van der Waals surface area contributed by atoms with Crippen LogP contribution >= 0.6 is 0 Å². The van der Waals surface area contributed by atoms with E-state index in [1.54, 1.807) is 6.08 Å². The molecule has 0 aromatic rings. The fourth-order valence-corrected chi connectivity index (χ4v) is 3.54. The molecule has 2 amide bonds. The Bertz CT molecular complexity index is 463. The Balaban J connectivity index is 2.09. The average Bonchev–Trinajstić information content (AvgIpc) is 3.01. The Morgan fingerprint density at radius 1 is 1.14 bits per heavy atom. The van der Waals surface area contributed by atoms with Gasteiger partial charge in [-0.25, -0.2) is 4.79 Å². The molecule has 2 fully saturated rings. The van der Waals surface area contributed by atoms with Crippen LogP contribution in [-0.2, 0) is 14.4 Å². The zero-order chi connectivity index (χ0) is 16.1. The topological polar surface area (TPSA) is 86.7 Å². The van der Waals surface area contributed by atoms with Gasteiger partial charge in [-0.05, 0) is 25.7 Å². The van der Waals surface area contributed by atoms with Crippen molar-refractivity contribution in [2.75, 3.05) is 13.1 Å². The molecule has 1 saturated carbocycles. The average molecular weight is 308 g/mol. The number of nitrogens with one attached hydrogen (secondary N) is 1. The molecule has 1 saturated heterocycles. The van der Waals surface area contributed by atoms with Crippen molar-refractivity contribution in [3.63, 3.8) is 0 Å². The van der Waals surface area contributed by atoms with Gasteiger partial charge in [0.05, 0.1) is 0 Å². The lowest BCUT2D eigenvalue weighted by molar-refractivity contribution is -0.152. The summed E-state index contributed by atoms with van der Waals surface area (Å²) < 4.78 is 0. The van der Waals surface area contributed by atoms with E-state index in [2.05, 4.69) is 11.9 Å². The predicted molar refractivity (Wildman–Crippen MR) is 81.0 cm³/mol. The van der Waals surface area contributed by atoms with Crippen molar-refractivity contribution >= 4 is 17.8 Å². The first kappa shape index (κ1) is 16.5. The highest BCUT2D eigenvalue weighted by Crippen LogP contribution is 2.33. The van der Waals surface area contributed by atoms with Crippen molar-refractivity contribution in [2.45, 2.75) is 44.6 Å². The zero-order valence-electron chi connectivity index (χ0n) is 12.8. The fourth-order valence-electron chi connectivity index (χ4n) is 3.54. The molecule has 6 nitrogen and oxygen atoms in total. The molecule has 22 heavy (non-hydrogen) atoms. The summed E-state index contributed by atoms with van der Waals surface area (Å²) in [6, 6.07) is -0.730. The van der Waals surface area contributed by atoms with E-state index in [9.17, 15) is 19.5 Å². The second-order valence-electron chi connectivity index (χ2n) is 6.06. The lowest BCUT2D eigenvalue weighted by Gasteiger charge is -2.33. The van der Waals surface area contributed by atoms with Gasteiger partial charge in [0.25, 0.3) is 0 Å². The number of carboxylic acid groups (broad SMARTS) is 1. The lowest BCUT2D eigenvalue weighted by Crippen LogP contribution is -2.48. The lowest BCUT2D eigenvalue weighted by atomic mass is 9.77. The van der Waals surface area contributed by atoms with Gasteiger partial charge in [0.1, 0.15) is 6.04 Å². The van der Waals surface area contributed by atoms with E-state index in [1.165, 1.54) is 4.90 Å². The quantitative estimate of drug-likeness (QED) is 0.746. The highest BCUT2D eigenvalue weighted by atomic mass is 16.4. The monoisotopic (exact) mass is 308 g/mol. The van der Waals surface area contributed by atoms with Gasteiger partial charge in [-0.3, -0.25) is 9.59 Å². The zero-order valence-corrected chi connectivity index (χ0v) is 12.8. The molecule has 0 bridgehead atoms. The molecule has 0 spiro atoms. The van der Waals surface area contributed by atoms with Crippen molar-refractivity contribution in [2.24, 2.45) is 11.8 Å². The Morgan fingerprint density at radius 2 is 1.82 bits per heavy atom. The standard InChI is InChI=1S/C16H24N2O4/c1-2-9-17-14(19)11-6-3-4-7-12(11)15(20)18-10-5-8-13(18)16(21)22/h2,11-13H,1,3-10H2,(H,17,19)(H,21,22). The van der Waals surface area contributed by atoms with Crippen LogP contribution in [0.5, 0.6) is 0 Å². The van der Waals surface area contributed by atoms with E-state index in [4.69, 9.17) is 0 Å². The van der Waals surface area contributed by atoms with Crippen molar-refractivity contribution < 1.29 is 19.5 Å². The maximum Gasteiger partial charge on any atom is 0.326 e. The Kier molecular flexibility index (Phi) is 5.57. The third-order valence-corrected chi connectivity index (χ3v) is 4.66. The van der Waals surface area contributed by atoms with Gasteiger partial charge in [0, 0.05) is 24.9 Å². The first-order chi connectivity index (χ1) is 10.6. The maximum atomic E-state index is 12.8. The Morgan fingerprint density at radius 3 is 2.45 bits per heavy atom. The third kappa shape index (κ3) is 3.48. The SMILES string of the molecule is C=CCNC(=O)C1CCCCC1C(=O)N1CCCC1C(=O)O. The number of hydrogen-bond donors (Lipinski definition) is 2. The fraction of sp³-hybridized carbons (Fsp3) is 0.688. The van der Waals surface area contributed by atoms with Crippen molar-refractivity contribution in [3.05, 3.63) is 12.7 Å². The third-order valence-electron chi connectivity index (χ3n) is 4.66. The van der Waals surface area contributed by atoms with Crippen LogP contribution in [0.25, 0.3) is 0 Å². The first-order valence-corrected chi connectivity index (χ1v) is 7.98. The molecule has 2 rings (SSSR count). The number of aliphatic carboxylic acids is 1. The van der Waals surface area contributed by atoms with Gasteiger partial charge < -0.3 is 15.3 Å². The molecule has 122 valence electrons. The van der Waals surface area contributed by atoms with E-state index in [-0.39, 0.29) is 17.7 Å². The second kappa shape index (κ2) is 7.42. The normalized spacial score (nSPS) is 28.2. The molecule has 0 radical (unpaired) electrons. The van der Waals surface area contributed by atoms with Gasteiger partial charge in [-0.15, -0.1) is 6.58 Å². The van der Waals surface area contributed by atoms with E-state index in [1.807, 2.05) is 0 Å². The molecule has 2 N–H and O–H groups in total. The van der Waals surface area contributed by atoms with Crippen LogP contribution in [-0.4, -0.2) is 46.9 Å². The number of hydrogen-bond acceptors (Lipinski definition) is 3. The molecule has 1 aliphatic carbocycles. The number of carboxylic acids is 1. The van der Waals surface area contributed by atoms with Gasteiger partial charge >= 0.3 is 5.97 Å². The van der Waals surface area contributed by atoms with E-state index in [0.717, 1.165) is 12.8 Å². The molecule has 1 heterocycles. The van der Waals surface area contributed by atoms with Crippen molar-refractivity contribution in [1.29, 1.82) is 0 Å². The minimum absolute atomic E-state index is 0.121. The number of amides is 2. The van der Waals surface area contributed by atoms with Crippen LogP contribution < -0.4 is 5.32 Å². The number of carbonyl (C=O) groups is 3. The number of nitrogens with zero attached hydrogens (tertiary/aromatic N) is 1. The van der Waals surface area contributed by atoms with Crippen LogP contribution in [0, 0.1) is 11.8 Å². The minimum atomic E-state index is -0.950. The highest BCUT2D eigenvalue weighted by Gasteiger charge is 2.42. The van der Waals surface area contributed by atoms with Crippen molar-refractivity contribution in [3.8, 4) is 0 Å². The van der Waals surface area contributed by atoms with Crippen LogP contribution in [0.2, 0.25) is 0 Å². The van der Waals surface area contributed by atoms with Gasteiger partial charge in [0.2, 0.25) is 11.8 Å². The molecule has 2 aliphatic rings. The minimum Gasteiger partial charge on any atom is -0.480 e. The largest absolute Gasteiger partial charge is 0.480 e. The van der Waals surface area contributed by atoms with Crippen LogP contribution in [0.3, 0.4) is 0 Å². The van der Waals surface area contributed by atoms with Crippen LogP contribution in [0.4, 0.5) is 0 Å². The molecular formula is C16H24N2O4. The molecule has 3 unspecified atom stereocenters. The van der Waals surface area contributed by atoms with Crippen molar-refractivity contribution in [1.82, 2.24) is 10.2 Å². The van der Waals surface area contributed by atoms with Crippen LogP contribution in [0.1, 0.15) is 38.5 Å². The summed E-state index contributed by atoms with van der Waals surface area (Å²) >= 11 is 0. The molecule has 6 heteroatoms. The Hall–Kier alpha value is -1.85. The molecule has 0 aromatic carbocycles. The summed E-state index contributed by atoms with van der Waals surface area (Å²) in [5.41, 5.74) is 0. The van der Waals surface area contributed by atoms with E-state index < -0.39 is 17.9 Å². The first-order valence-electron chi connectivity index (χ1n) is 7.98. The molecular weight excluding hydrogens is 284 g/mol. The summed E-state index contributed by atoms with van der Waals surface area (Å²) in [6.07, 6.45) is 6.01. The van der Waals surface area contributed by atoms with Crippen LogP contribution in [0.15, 0.2) is 12.7 Å². The van der Waals surface area contributed by atoms with E-state index >= 15 is 0 Å². The second-order valence-corrected chi connectivity index (χ2v) is 6.06. The summed E-state index contributed by atoms with van der Waals surface area (Å²) in [7, 11) is 0. The number of carbonyl (C=O) groups excluding carboxylic acids is 2. The summed E-state index contributed by atoms with van der Waals surface area (Å²) in [5.74, 6) is -1.98. The summed E-state index contributed by atoms with van der Waals surface area (Å²) in [6.45, 7) is 4.44. The Labute approximate surface area is 130 Å². The van der Waals surface area contributed by atoms with Gasteiger partial charge in [-0.2, -0.15) is 0 Å². The smallest absolute Gasteiger partial charge is 0.326 e. The maximum absolute atomic E-state index is 12.8. The predicted octanol–water partition coefficient (Wildman–Crippen LogP) is 1.17. The summed E-state index contributed by atoms with van der Waals surface area (Å²) in [4.78, 5) is 37.8. The van der Waals surface area contributed by atoms with Gasteiger partial charge in [0.15, 0.2) is 0 Å². The molecule has 0 aromatic heterocycles.